The maximum absolute atomic E-state index is 14.0. The largest absolute Gasteiger partial charge is 0.309 e. The molecular formula is C95H78F11IN12O4. The Labute approximate surface area is 714 Å². The van der Waals surface area contributed by atoms with E-state index in [1.54, 1.807) is 74.5 Å². The summed E-state index contributed by atoms with van der Waals surface area (Å²) < 4.78 is 150. The normalized spacial score (nSPS) is 12.0. The van der Waals surface area contributed by atoms with Crippen molar-refractivity contribution >= 4 is 93.8 Å². The first-order valence-electron chi connectivity index (χ1n) is 39.1. The number of nitrogens with one attached hydrogen (secondary N) is 4. The maximum atomic E-state index is 14.0. The van der Waals surface area contributed by atoms with Crippen LogP contribution in [0.1, 0.15) is 150 Å². The molecule has 626 valence electrons. The summed E-state index contributed by atoms with van der Waals surface area (Å²) in [7, 11) is 0. The highest BCUT2D eigenvalue weighted by molar-refractivity contribution is 14.1. The standard InChI is InChI=1S/C24H17F6N3O.C24H20F3N3O.C24H21FIN3O.C23H20FN3O/c1-10(2)7-16-24(32-15-6-3-11-8-12(25)4-5-13(11)23(15)31-16)33-17(34)9-14-18(26)20(28)22(30)21(29)19(14)27;1-13(2)9-21-24(30-22(31)11-14-3-7-18(26)19(27)10-14)29-20-8-4-15-12-16(25)5-6-17(15)23(20)28-21;1-14(2)11-21-24(29-22(30)12-15-3-7-18(26)8-4-15)28-20-10-5-16-13-17(25)6-9-19(16)23(20)27-21;1-14(2)12-20-22(27-23(28)15-6-4-3-5-7-15)26-19-11-8-16-13-17(24)9-10-18(16)21(19)25-20/h4-5,7-8H,3,6,9H2,1-2H3,(H,32,33,34);3,5-7,9-10,12H,4,8,11H2,1-2H3,(H,29,30,31);3-4,6-9,11,13H,5,10,12H2,1-2H3,(H,28,29,30);3-7,9-10,12-13H,8,11H2,1-2H3,(H,26,27,28). The molecular weight excluding hydrogens is 1710 g/mol. The molecule has 0 fully saturated rings. The molecule has 0 unspecified atom stereocenters. The van der Waals surface area contributed by atoms with E-state index in [-0.39, 0.29) is 59.4 Å². The maximum Gasteiger partial charge on any atom is 0.256 e. The lowest BCUT2D eigenvalue weighted by Crippen LogP contribution is -2.21. The molecule has 16 rings (SSSR count). The number of fused-ring (bicyclic) bond motifs is 12. The van der Waals surface area contributed by atoms with Gasteiger partial charge < -0.3 is 21.3 Å². The summed E-state index contributed by atoms with van der Waals surface area (Å²) in [5.41, 5.74) is 18.8. The zero-order valence-electron chi connectivity index (χ0n) is 67.7. The molecule has 4 amide bonds. The van der Waals surface area contributed by atoms with Crippen LogP contribution in [0.2, 0.25) is 0 Å². The quantitative estimate of drug-likeness (QED) is 0.0326. The minimum atomic E-state index is -2.30. The van der Waals surface area contributed by atoms with Gasteiger partial charge in [0.05, 0.1) is 64.8 Å². The molecule has 4 N–H and O–H groups in total. The zero-order chi connectivity index (χ0) is 87.8. The number of carbonyl (C=O) groups excluding carboxylic acids is 4. The van der Waals surface area contributed by atoms with Gasteiger partial charge in [0, 0.05) is 37.0 Å². The molecule has 12 aromatic rings. The molecule has 4 aromatic heterocycles. The number of halogens is 12. The summed E-state index contributed by atoms with van der Waals surface area (Å²) in [6.07, 6.45) is 11.0. The van der Waals surface area contributed by atoms with Crippen LogP contribution in [-0.4, -0.2) is 63.5 Å². The number of carbonyl (C=O) groups is 4. The Morgan fingerprint density at radius 2 is 0.634 bits per heavy atom. The highest BCUT2D eigenvalue weighted by atomic mass is 127. The Bertz CT molecular complexity index is 6320. The molecule has 0 saturated carbocycles. The third-order valence-electron chi connectivity index (χ3n) is 19.8. The van der Waals surface area contributed by atoms with Gasteiger partial charge in [-0.1, -0.05) is 58.7 Å². The summed E-state index contributed by atoms with van der Waals surface area (Å²) in [6.45, 7) is 15.2. The number of aromatic nitrogens is 8. The average molecular weight is 1790 g/mol. The molecule has 4 aliphatic rings. The van der Waals surface area contributed by atoms with Crippen LogP contribution in [0.5, 0.6) is 0 Å². The predicted octanol–water partition coefficient (Wildman–Crippen LogP) is 21.6. The van der Waals surface area contributed by atoms with Crippen molar-refractivity contribution in [3.63, 3.8) is 0 Å². The van der Waals surface area contributed by atoms with E-state index in [0.717, 1.165) is 105 Å². The number of rotatable bonds is 15. The fourth-order valence-electron chi connectivity index (χ4n) is 14.3. The van der Waals surface area contributed by atoms with E-state index >= 15 is 0 Å². The number of hydrogen-bond donors (Lipinski definition) is 4. The summed E-state index contributed by atoms with van der Waals surface area (Å²) in [6, 6.07) is 38.7. The van der Waals surface area contributed by atoms with Gasteiger partial charge in [-0.25, -0.2) is 88.2 Å². The lowest BCUT2D eigenvalue weighted by Gasteiger charge is -2.20. The van der Waals surface area contributed by atoms with Crippen LogP contribution in [0.4, 0.5) is 71.6 Å². The lowest BCUT2D eigenvalue weighted by molar-refractivity contribution is -0.116. The van der Waals surface area contributed by atoms with Crippen molar-refractivity contribution in [2.45, 2.75) is 126 Å². The first-order chi connectivity index (χ1) is 58.8. The highest BCUT2D eigenvalue weighted by Gasteiger charge is 2.31. The van der Waals surface area contributed by atoms with E-state index in [1.165, 1.54) is 42.5 Å². The van der Waals surface area contributed by atoms with E-state index < -0.39 is 64.5 Å². The summed E-state index contributed by atoms with van der Waals surface area (Å²) in [5, 5.41) is 11.0. The van der Waals surface area contributed by atoms with Crippen molar-refractivity contribution in [1.29, 1.82) is 0 Å². The Hall–Kier alpha value is -13.1. The molecule has 8 aromatic carbocycles. The third-order valence-corrected chi connectivity index (χ3v) is 20.5. The minimum Gasteiger partial charge on any atom is -0.309 e. The van der Waals surface area contributed by atoms with Crippen molar-refractivity contribution in [1.82, 2.24) is 39.9 Å². The van der Waals surface area contributed by atoms with Crippen molar-refractivity contribution in [3.05, 3.63) is 326 Å². The smallest absolute Gasteiger partial charge is 0.256 e. The molecule has 4 heterocycles. The van der Waals surface area contributed by atoms with E-state index in [2.05, 4.69) is 58.8 Å². The van der Waals surface area contributed by atoms with Gasteiger partial charge in [0.25, 0.3) is 5.91 Å². The molecule has 0 radical (unpaired) electrons. The van der Waals surface area contributed by atoms with E-state index in [9.17, 15) is 67.5 Å². The number of amides is 4. The van der Waals surface area contributed by atoms with Gasteiger partial charge in [-0.05, 0) is 296 Å². The van der Waals surface area contributed by atoms with Crippen molar-refractivity contribution < 1.29 is 67.5 Å². The van der Waals surface area contributed by atoms with Crippen LogP contribution in [0.3, 0.4) is 0 Å². The molecule has 28 heteroatoms. The van der Waals surface area contributed by atoms with Crippen LogP contribution < -0.4 is 21.3 Å². The van der Waals surface area contributed by atoms with Gasteiger partial charge in [-0.15, -0.1) is 0 Å². The molecule has 4 aliphatic carbocycles. The first kappa shape index (κ1) is 87.7. The van der Waals surface area contributed by atoms with Crippen LogP contribution >= 0.6 is 22.6 Å². The number of hydrogen-bond acceptors (Lipinski definition) is 12. The number of nitrogens with zero attached hydrogens (tertiary/aromatic N) is 8. The number of anilines is 4. The fraction of sp³-hybridized carbons (Fsp3) is 0.200. The van der Waals surface area contributed by atoms with Crippen LogP contribution in [-0.2, 0) is 85.0 Å². The Balaban J connectivity index is 0.000000141. The Morgan fingerprint density at radius 1 is 0.325 bits per heavy atom. The van der Waals surface area contributed by atoms with Gasteiger partial charge in [0.1, 0.15) is 46.0 Å². The molecule has 0 atom stereocenters. The molecule has 123 heavy (non-hydrogen) atoms. The van der Waals surface area contributed by atoms with Gasteiger partial charge in [-0.2, -0.15) is 0 Å². The van der Waals surface area contributed by atoms with Gasteiger partial charge >= 0.3 is 0 Å². The van der Waals surface area contributed by atoms with Crippen LogP contribution in [0.25, 0.3) is 69.3 Å². The zero-order valence-corrected chi connectivity index (χ0v) is 69.8. The van der Waals surface area contributed by atoms with Gasteiger partial charge in [0.15, 0.2) is 58.2 Å². The molecule has 0 saturated heterocycles. The Morgan fingerprint density at radius 3 is 0.967 bits per heavy atom. The molecule has 0 spiro atoms. The number of allylic oxidation sites excluding steroid dienone is 4. The monoisotopic (exact) mass is 1790 g/mol. The molecule has 0 aliphatic heterocycles. The third kappa shape index (κ3) is 21.3. The summed E-state index contributed by atoms with van der Waals surface area (Å²) >= 11 is 2.24. The lowest BCUT2D eigenvalue weighted by atomic mass is 9.91. The topological polar surface area (TPSA) is 220 Å². The average Bonchev–Trinajstić information content (AvgIpc) is 0.773. The fourth-order valence-corrected chi connectivity index (χ4v) is 14.6. The van der Waals surface area contributed by atoms with Crippen molar-refractivity contribution in [2.75, 3.05) is 21.3 Å². The molecule has 0 bridgehead atoms. The second kappa shape index (κ2) is 38.3. The SMILES string of the molecule is CC(C)=Cc1nc2c(nc1NC(=O)Cc1c(F)c(F)c(F)c(F)c1F)CCc1cc(F)ccc1-2.CC(C)=Cc1nc2c(nc1NC(=O)Cc1ccc(F)c(F)c1)CCc1cc(F)ccc1-2.CC(C)=Cc1nc2c(nc1NC(=O)Cc1ccc(I)cc1)CCc1cc(F)ccc1-2.CC(C)=Cc1nc2c(nc1NC(=O)c1ccccc1)CCc1cc(F)ccc1-2. The first-order valence-corrected chi connectivity index (χ1v) is 40.2. The van der Waals surface area contributed by atoms with Gasteiger partial charge in [0.2, 0.25) is 23.5 Å². The van der Waals surface area contributed by atoms with Crippen LogP contribution in [0, 0.1) is 67.6 Å². The number of aryl methyl sites for hydroxylation is 8. The van der Waals surface area contributed by atoms with E-state index in [4.69, 9.17) is 24.9 Å². The van der Waals surface area contributed by atoms with Crippen molar-refractivity contribution in [3.8, 4) is 45.0 Å². The van der Waals surface area contributed by atoms with E-state index in [0.29, 0.717) is 125 Å². The van der Waals surface area contributed by atoms with Crippen molar-refractivity contribution in [2.24, 2.45) is 0 Å². The van der Waals surface area contributed by atoms with E-state index in [1.807, 2.05) is 96.2 Å². The summed E-state index contributed by atoms with van der Waals surface area (Å²) in [5.74, 6) is -14.4. The minimum absolute atomic E-state index is 0.0283. The van der Waals surface area contributed by atoms with Gasteiger partial charge in [-0.3, -0.25) is 19.2 Å². The second-order valence-electron chi connectivity index (χ2n) is 30.5. The van der Waals surface area contributed by atoms with Crippen LogP contribution in [0.15, 0.2) is 168 Å². The second-order valence-corrected chi connectivity index (χ2v) is 31.8. The molecule has 16 nitrogen and oxygen atoms in total. The summed E-state index contributed by atoms with van der Waals surface area (Å²) in [4.78, 5) is 87.8. The predicted molar refractivity (Wildman–Crippen MR) is 460 cm³/mol. The highest BCUT2D eigenvalue weighted by Crippen LogP contribution is 2.40. The number of benzene rings is 8. The Kier molecular flexibility index (Phi) is 27.3.